The number of aromatic amines is 1. The predicted molar refractivity (Wildman–Crippen MR) is 85.0 cm³/mol. The standard InChI is InChI=1S/C12H16N2.C4H4O4/c1-14(2)8-7-10-9-13-12-6-4-3-5-11(10)12;5-3(6)1-2-4(7)8/h3-6,9,13H,7-8H2,1-2H3;1-2H,(H,5,6)(H,7,8)/b;2-1+/i1D3,2D3;. The number of hydrogen-bond acceptors (Lipinski definition) is 3. The molecule has 3 N–H and O–H groups in total. The van der Waals surface area contributed by atoms with Crippen molar-refractivity contribution in [3.05, 3.63) is 48.2 Å². The van der Waals surface area contributed by atoms with E-state index in [1.165, 1.54) is 0 Å². The molecule has 0 fully saturated rings. The first-order valence-corrected chi connectivity index (χ1v) is 6.29. The first-order chi connectivity index (χ1) is 12.8. The lowest BCUT2D eigenvalue weighted by molar-refractivity contribution is -0.134. The number of likely N-dealkylation sites (N-methyl/N-ethyl adjacent to an activating group) is 1. The Morgan fingerprint density at radius 2 is 1.86 bits per heavy atom. The van der Waals surface area contributed by atoms with Gasteiger partial charge in [-0.2, -0.15) is 0 Å². The lowest BCUT2D eigenvalue weighted by Crippen LogP contribution is -2.14. The average molecular weight is 310 g/mol. The molecule has 0 atom stereocenters. The van der Waals surface area contributed by atoms with Crippen molar-refractivity contribution in [1.29, 1.82) is 0 Å². The Labute approximate surface area is 137 Å². The van der Waals surface area contributed by atoms with Crippen molar-refractivity contribution >= 4 is 22.8 Å². The summed E-state index contributed by atoms with van der Waals surface area (Å²) in [5.74, 6) is -2.51. The molecule has 1 aromatic heterocycles. The summed E-state index contributed by atoms with van der Waals surface area (Å²) in [5, 5.41) is 16.6. The molecule has 0 saturated heterocycles. The second-order valence-corrected chi connectivity index (χ2v) is 4.27. The van der Waals surface area contributed by atoms with Crippen LogP contribution in [0.1, 0.15) is 13.8 Å². The summed E-state index contributed by atoms with van der Waals surface area (Å²) in [4.78, 5) is 22.8. The molecule has 0 unspecified atom stereocenters. The van der Waals surface area contributed by atoms with E-state index in [0.29, 0.717) is 23.5 Å². The molecule has 118 valence electrons. The molecule has 0 aliphatic carbocycles. The fourth-order valence-electron chi connectivity index (χ4n) is 1.71. The van der Waals surface area contributed by atoms with Crippen LogP contribution in [0, 0.1) is 0 Å². The lowest BCUT2D eigenvalue weighted by Gasteiger charge is -2.07. The molecule has 0 aliphatic rings. The first kappa shape index (κ1) is 10.2. The van der Waals surface area contributed by atoms with Gasteiger partial charge >= 0.3 is 11.9 Å². The highest BCUT2D eigenvalue weighted by Gasteiger charge is 2.02. The fourth-order valence-corrected chi connectivity index (χ4v) is 1.71. The highest BCUT2D eigenvalue weighted by molar-refractivity contribution is 5.89. The van der Waals surface area contributed by atoms with Gasteiger partial charge in [-0.15, -0.1) is 0 Å². The number of nitrogens with one attached hydrogen (secondary N) is 1. The Balaban J connectivity index is 0.000000416. The summed E-state index contributed by atoms with van der Waals surface area (Å²) < 4.78 is 44.0. The summed E-state index contributed by atoms with van der Waals surface area (Å²) in [6.45, 7) is -5.30. The number of aliphatic carboxylic acids is 2. The van der Waals surface area contributed by atoms with Gasteiger partial charge in [0.05, 0.1) is 0 Å². The van der Waals surface area contributed by atoms with Crippen LogP contribution in [-0.2, 0) is 16.0 Å². The fraction of sp³-hybridized carbons (Fsp3) is 0.250. The molecule has 1 heterocycles. The van der Waals surface area contributed by atoms with Crippen LogP contribution in [0.3, 0.4) is 0 Å². The van der Waals surface area contributed by atoms with E-state index in [0.717, 1.165) is 16.5 Å². The van der Waals surface area contributed by atoms with E-state index in [1.54, 1.807) is 6.20 Å². The highest BCUT2D eigenvalue weighted by atomic mass is 16.4. The Bertz CT molecular complexity index is 812. The quantitative estimate of drug-likeness (QED) is 0.734. The number of benzene rings is 1. The van der Waals surface area contributed by atoms with Gasteiger partial charge in [0.25, 0.3) is 0 Å². The van der Waals surface area contributed by atoms with Crippen LogP contribution >= 0.6 is 0 Å². The smallest absolute Gasteiger partial charge is 0.328 e. The minimum atomic E-state index is -2.63. The molecule has 6 nitrogen and oxygen atoms in total. The maximum atomic E-state index is 9.55. The van der Waals surface area contributed by atoms with Crippen molar-refractivity contribution in [2.45, 2.75) is 6.42 Å². The molecule has 6 heteroatoms. The number of aromatic nitrogens is 1. The number of hydrogen-bond donors (Lipinski definition) is 3. The number of H-pyrrole nitrogens is 1. The lowest BCUT2D eigenvalue weighted by atomic mass is 10.1. The first-order valence-electron chi connectivity index (χ1n) is 9.29. The van der Waals surface area contributed by atoms with Crippen LogP contribution < -0.4 is 0 Å². The SMILES string of the molecule is O=C(O)/C=C/C(=O)O.[2H]C([2H])([2H])N(CCc1c[nH]c2ccccc12)C([2H])([2H])[2H]. The number of carbonyl (C=O) groups is 2. The Morgan fingerprint density at radius 1 is 1.23 bits per heavy atom. The molecule has 0 saturated carbocycles. The van der Waals surface area contributed by atoms with E-state index < -0.39 is 25.9 Å². The molecule has 2 aromatic rings. The van der Waals surface area contributed by atoms with E-state index in [2.05, 4.69) is 4.98 Å². The largest absolute Gasteiger partial charge is 0.478 e. The van der Waals surface area contributed by atoms with Crippen molar-refractivity contribution < 1.29 is 28.0 Å². The van der Waals surface area contributed by atoms with Crippen molar-refractivity contribution in [3.63, 3.8) is 0 Å². The van der Waals surface area contributed by atoms with Gasteiger partial charge in [-0.25, -0.2) is 9.59 Å². The van der Waals surface area contributed by atoms with E-state index >= 15 is 0 Å². The number of carboxylic acid groups (broad SMARTS) is 2. The number of carboxylic acids is 2. The van der Waals surface area contributed by atoms with E-state index in [4.69, 9.17) is 18.4 Å². The van der Waals surface area contributed by atoms with Gasteiger partial charge in [0.15, 0.2) is 0 Å². The van der Waals surface area contributed by atoms with E-state index in [1.807, 2.05) is 24.3 Å². The molecule has 0 spiro atoms. The van der Waals surface area contributed by atoms with Gasteiger partial charge in [0.2, 0.25) is 0 Å². The zero-order valence-electron chi connectivity index (χ0n) is 17.6. The average Bonchev–Trinajstić information content (AvgIpc) is 2.95. The molecular formula is C16H20N2O4. The molecule has 0 radical (unpaired) electrons. The van der Waals surface area contributed by atoms with Crippen LogP contribution in [0.25, 0.3) is 10.9 Å². The Morgan fingerprint density at radius 3 is 2.45 bits per heavy atom. The third-order valence-corrected chi connectivity index (χ3v) is 2.65. The number of nitrogens with zero attached hydrogens (tertiary/aromatic N) is 1. The second kappa shape index (κ2) is 8.63. The molecule has 2 rings (SSSR count). The van der Waals surface area contributed by atoms with E-state index in [9.17, 15) is 9.59 Å². The monoisotopic (exact) mass is 310 g/mol. The summed E-state index contributed by atoms with van der Waals surface area (Å²) in [5.41, 5.74) is 1.87. The molecule has 0 amide bonds. The topological polar surface area (TPSA) is 93.6 Å². The third kappa shape index (κ3) is 6.23. The number of para-hydroxylation sites is 1. The van der Waals surface area contributed by atoms with Gasteiger partial charge in [-0.05, 0) is 32.0 Å². The van der Waals surface area contributed by atoms with Crippen LogP contribution in [0.15, 0.2) is 42.6 Å². The zero-order chi connectivity index (χ0) is 21.5. The van der Waals surface area contributed by atoms with Crippen LogP contribution in [0.2, 0.25) is 0 Å². The number of fused-ring (bicyclic) bond motifs is 1. The van der Waals surface area contributed by atoms with Crippen LogP contribution in [0.5, 0.6) is 0 Å². The van der Waals surface area contributed by atoms with Gasteiger partial charge in [0.1, 0.15) is 0 Å². The predicted octanol–water partition coefficient (Wildman–Crippen LogP) is 1.98. The minimum absolute atomic E-state index is 0.0468. The molecule has 1 aromatic carbocycles. The Kier molecular flexibility index (Phi) is 4.00. The summed E-state index contributed by atoms with van der Waals surface area (Å²) in [7, 11) is 0. The van der Waals surface area contributed by atoms with Crippen molar-refractivity contribution in [1.82, 2.24) is 9.88 Å². The minimum Gasteiger partial charge on any atom is -0.478 e. The van der Waals surface area contributed by atoms with Gasteiger partial charge in [-0.1, -0.05) is 18.2 Å². The van der Waals surface area contributed by atoms with Gasteiger partial charge in [0, 0.05) is 44.0 Å². The summed E-state index contributed by atoms with van der Waals surface area (Å²) in [6, 6.07) is 7.64. The second-order valence-electron chi connectivity index (χ2n) is 4.27. The molecule has 0 aliphatic heterocycles. The summed E-state index contributed by atoms with van der Waals surface area (Å²) in [6.07, 6.45) is 3.27. The maximum absolute atomic E-state index is 9.55. The molecule has 22 heavy (non-hydrogen) atoms. The van der Waals surface area contributed by atoms with Gasteiger partial charge in [-0.3, -0.25) is 0 Å². The third-order valence-electron chi connectivity index (χ3n) is 2.65. The molecular weight excluding hydrogens is 284 g/mol. The van der Waals surface area contributed by atoms with Crippen molar-refractivity contribution in [3.8, 4) is 0 Å². The van der Waals surface area contributed by atoms with Crippen LogP contribution in [0.4, 0.5) is 0 Å². The van der Waals surface area contributed by atoms with Crippen LogP contribution in [-0.4, -0.2) is 52.5 Å². The Hall–Kier alpha value is -2.60. The van der Waals surface area contributed by atoms with E-state index in [-0.39, 0.29) is 6.54 Å². The summed E-state index contributed by atoms with van der Waals surface area (Å²) >= 11 is 0. The number of rotatable bonds is 5. The van der Waals surface area contributed by atoms with Crippen molar-refractivity contribution in [2.24, 2.45) is 0 Å². The van der Waals surface area contributed by atoms with Gasteiger partial charge < -0.3 is 20.1 Å². The highest BCUT2D eigenvalue weighted by Crippen LogP contribution is 2.17. The molecule has 0 bridgehead atoms. The normalized spacial score (nSPS) is 15.9. The maximum Gasteiger partial charge on any atom is 0.328 e. The zero-order valence-corrected chi connectivity index (χ0v) is 11.6. The van der Waals surface area contributed by atoms with Crippen molar-refractivity contribution in [2.75, 3.05) is 20.5 Å².